The van der Waals surface area contributed by atoms with Gasteiger partial charge in [0.2, 0.25) is 0 Å². The van der Waals surface area contributed by atoms with Gasteiger partial charge in [-0.05, 0) is 19.1 Å². The molecule has 2 heterocycles. The number of hydrogen-bond donors (Lipinski definition) is 1. The summed E-state index contributed by atoms with van der Waals surface area (Å²) in [7, 11) is 0. The number of nitrogens with zero attached hydrogens (tertiary/aromatic N) is 3. The quantitative estimate of drug-likeness (QED) is 0.770. The van der Waals surface area contributed by atoms with Crippen LogP contribution >= 0.6 is 0 Å². The fourth-order valence-electron chi connectivity index (χ4n) is 1.27. The van der Waals surface area contributed by atoms with E-state index in [-0.39, 0.29) is 0 Å². The van der Waals surface area contributed by atoms with Crippen molar-refractivity contribution in [1.82, 2.24) is 14.5 Å². The third kappa shape index (κ3) is 1.74. The van der Waals surface area contributed by atoms with E-state index in [0.29, 0.717) is 5.69 Å². The maximum Gasteiger partial charge on any atom is 0.105 e. The molecule has 2 N–H and O–H groups in total. The number of anilines is 1. The number of nitrogens with two attached hydrogens (primary N) is 1. The van der Waals surface area contributed by atoms with Crippen LogP contribution in [0.25, 0.3) is 0 Å². The van der Waals surface area contributed by atoms with Gasteiger partial charge in [-0.2, -0.15) is 0 Å². The maximum atomic E-state index is 5.55. The van der Waals surface area contributed by atoms with E-state index >= 15 is 0 Å². The molecule has 4 heteroatoms. The van der Waals surface area contributed by atoms with Gasteiger partial charge in [0.25, 0.3) is 0 Å². The Morgan fingerprint density at radius 1 is 1.36 bits per heavy atom. The predicted molar refractivity (Wildman–Crippen MR) is 54.7 cm³/mol. The average Bonchev–Trinajstić information content (AvgIpc) is 2.56. The molecule has 0 aliphatic carbocycles. The molecule has 0 fully saturated rings. The highest BCUT2D eigenvalue weighted by Crippen LogP contribution is 2.04. The standard InChI is InChI=1S/C10H12N4/c1-8-12-4-5-14(8)7-10-3-2-9(11)6-13-10/h2-6H,7,11H2,1H3. The zero-order chi connectivity index (χ0) is 9.97. The summed E-state index contributed by atoms with van der Waals surface area (Å²) in [4.78, 5) is 8.36. The van der Waals surface area contributed by atoms with Crippen molar-refractivity contribution in [2.75, 3.05) is 5.73 Å². The molecule has 0 amide bonds. The molecule has 2 aromatic rings. The number of rotatable bonds is 2. The maximum absolute atomic E-state index is 5.55. The Kier molecular flexibility index (Phi) is 2.18. The Morgan fingerprint density at radius 2 is 2.21 bits per heavy atom. The molecule has 2 rings (SSSR count). The predicted octanol–water partition coefficient (Wildman–Crippen LogP) is 1.22. The first-order valence-electron chi connectivity index (χ1n) is 4.44. The van der Waals surface area contributed by atoms with E-state index in [9.17, 15) is 0 Å². The summed E-state index contributed by atoms with van der Waals surface area (Å²) in [6.07, 6.45) is 5.39. The van der Waals surface area contributed by atoms with Crippen LogP contribution in [0.3, 0.4) is 0 Å². The zero-order valence-corrected chi connectivity index (χ0v) is 8.01. The van der Waals surface area contributed by atoms with E-state index in [1.807, 2.05) is 29.8 Å². The number of pyridine rings is 1. The lowest BCUT2D eigenvalue weighted by atomic mass is 10.3. The van der Waals surface area contributed by atoms with Gasteiger partial charge in [-0.3, -0.25) is 4.98 Å². The van der Waals surface area contributed by atoms with Crippen LogP contribution in [-0.2, 0) is 6.54 Å². The number of imidazole rings is 1. The van der Waals surface area contributed by atoms with Crippen LogP contribution in [0.5, 0.6) is 0 Å². The van der Waals surface area contributed by atoms with Gasteiger partial charge >= 0.3 is 0 Å². The van der Waals surface area contributed by atoms with Crippen LogP contribution in [0.1, 0.15) is 11.5 Å². The zero-order valence-electron chi connectivity index (χ0n) is 8.01. The Hall–Kier alpha value is -1.84. The van der Waals surface area contributed by atoms with Crippen LogP contribution < -0.4 is 5.73 Å². The number of nitrogen functional groups attached to an aromatic ring is 1. The number of aryl methyl sites for hydroxylation is 1. The molecule has 0 aliphatic heterocycles. The Balaban J connectivity index is 2.19. The normalized spacial score (nSPS) is 10.4. The van der Waals surface area contributed by atoms with Crippen LogP contribution in [0.2, 0.25) is 0 Å². The van der Waals surface area contributed by atoms with Crippen molar-refractivity contribution in [3.63, 3.8) is 0 Å². The van der Waals surface area contributed by atoms with Crippen molar-refractivity contribution in [2.45, 2.75) is 13.5 Å². The summed E-state index contributed by atoms with van der Waals surface area (Å²) in [5, 5.41) is 0. The Morgan fingerprint density at radius 3 is 2.79 bits per heavy atom. The molecule has 0 unspecified atom stereocenters. The van der Waals surface area contributed by atoms with Gasteiger partial charge in [-0.25, -0.2) is 4.98 Å². The van der Waals surface area contributed by atoms with E-state index in [4.69, 9.17) is 5.73 Å². The first-order chi connectivity index (χ1) is 6.75. The molecule has 14 heavy (non-hydrogen) atoms. The highest BCUT2D eigenvalue weighted by molar-refractivity contribution is 5.34. The first kappa shape index (κ1) is 8.74. The Labute approximate surface area is 82.4 Å². The van der Waals surface area contributed by atoms with Gasteiger partial charge in [0, 0.05) is 12.4 Å². The van der Waals surface area contributed by atoms with Crippen LogP contribution in [0.4, 0.5) is 5.69 Å². The molecule has 0 saturated heterocycles. The van der Waals surface area contributed by atoms with Gasteiger partial charge in [0.15, 0.2) is 0 Å². The van der Waals surface area contributed by atoms with Crippen LogP contribution in [0, 0.1) is 6.92 Å². The van der Waals surface area contributed by atoms with Crippen molar-refractivity contribution in [3.05, 3.63) is 42.2 Å². The fraction of sp³-hybridized carbons (Fsp3) is 0.200. The SMILES string of the molecule is Cc1nccn1Cc1ccc(N)cn1. The van der Waals surface area contributed by atoms with Crippen LogP contribution in [0.15, 0.2) is 30.7 Å². The summed E-state index contributed by atoms with van der Waals surface area (Å²) < 4.78 is 2.04. The van der Waals surface area contributed by atoms with Crippen molar-refractivity contribution in [1.29, 1.82) is 0 Å². The minimum atomic E-state index is 0.691. The van der Waals surface area contributed by atoms with E-state index in [1.165, 1.54) is 0 Å². The lowest BCUT2D eigenvalue weighted by Crippen LogP contribution is -2.02. The van der Waals surface area contributed by atoms with Gasteiger partial charge < -0.3 is 10.3 Å². The third-order valence-corrected chi connectivity index (χ3v) is 2.10. The molecule has 2 aromatic heterocycles. The molecule has 0 aliphatic rings. The van der Waals surface area contributed by atoms with E-state index < -0.39 is 0 Å². The summed E-state index contributed by atoms with van der Waals surface area (Å²) in [5.41, 5.74) is 7.23. The molecule has 0 saturated carbocycles. The molecule has 0 bridgehead atoms. The summed E-state index contributed by atoms with van der Waals surface area (Å²) in [5.74, 6) is 0.989. The van der Waals surface area contributed by atoms with Gasteiger partial charge in [0.05, 0.1) is 24.1 Å². The summed E-state index contributed by atoms with van der Waals surface area (Å²) in [6.45, 7) is 2.71. The second kappa shape index (κ2) is 3.49. The largest absolute Gasteiger partial charge is 0.397 e. The highest BCUT2D eigenvalue weighted by atomic mass is 15.1. The van der Waals surface area contributed by atoms with Crippen LogP contribution in [-0.4, -0.2) is 14.5 Å². The van der Waals surface area contributed by atoms with E-state index in [0.717, 1.165) is 18.1 Å². The lowest BCUT2D eigenvalue weighted by molar-refractivity contribution is 0.742. The monoisotopic (exact) mass is 188 g/mol. The molecule has 0 radical (unpaired) electrons. The minimum Gasteiger partial charge on any atom is -0.397 e. The van der Waals surface area contributed by atoms with Gasteiger partial charge in [0.1, 0.15) is 5.82 Å². The fourth-order valence-corrected chi connectivity index (χ4v) is 1.27. The van der Waals surface area contributed by atoms with Crippen molar-refractivity contribution < 1.29 is 0 Å². The lowest BCUT2D eigenvalue weighted by Gasteiger charge is -2.04. The first-order valence-corrected chi connectivity index (χ1v) is 4.44. The molecular weight excluding hydrogens is 176 g/mol. The molecule has 0 aromatic carbocycles. The van der Waals surface area contributed by atoms with Crippen molar-refractivity contribution in [3.8, 4) is 0 Å². The summed E-state index contributed by atoms with van der Waals surface area (Å²) in [6, 6.07) is 3.78. The topological polar surface area (TPSA) is 56.7 Å². The number of aromatic nitrogens is 3. The molecule has 4 nitrogen and oxygen atoms in total. The number of hydrogen-bond acceptors (Lipinski definition) is 3. The van der Waals surface area contributed by atoms with E-state index in [2.05, 4.69) is 9.97 Å². The smallest absolute Gasteiger partial charge is 0.105 e. The molecule has 0 spiro atoms. The van der Waals surface area contributed by atoms with Gasteiger partial charge in [-0.1, -0.05) is 0 Å². The minimum absolute atomic E-state index is 0.691. The third-order valence-electron chi connectivity index (χ3n) is 2.10. The van der Waals surface area contributed by atoms with E-state index in [1.54, 1.807) is 12.4 Å². The molecule has 72 valence electrons. The van der Waals surface area contributed by atoms with Gasteiger partial charge in [-0.15, -0.1) is 0 Å². The molecule has 0 atom stereocenters. The molecular formula is C10H12N4. The van der Waals surface area contributed by atoms with Crippen molar-refractivity contribution in [2.24, 2.45) is 0 Å². The van der Waals surface area contributed by atoms with Crippen molar-refractivity contribution >= 4 is 5.69 Å². The Bertz CT molecular complexity index is 416. The average molecular weight is 188 g/mol. The second-order valence-electron chi connectivity index (χ2n) is 3.19. The highest BCUT2D eigenvalue weighted by Gasteiger charge is 1.98. The second-order valence-corrected chi connectivity index (χ2v) is 3.19. The summed E-state index contributed by atoms with van der Waals surface area (Å²) >= 11 is 0.